The van der Waals surface area contributed by atoms with E-state index in [-0.39, 0.29) is 25.3 Å². The number of benzene rings is 2. The zero-order valence-electron chi connectivity index (χ0n) is 26.5. The highest BCUT2D eigenvalue weighted by atomic mass is 16.5. The summed E-state index contributed by atoms with van der Waals surface area (Å²) < 4.78 is 5.81. The Labute approximate surface area is 269 Å². The molecule has 3 amide bonds. The molecule has 11 nitrogen and oxygen atoms in total. The van der Waals surface area contributed by atoms with Gasteiger partial charge < -0.3 is 15.4 Å². The fourth-order valence-electron chi connectivity index (χ4n) is 5.30. The molecule has 0 aliphatic carbocycles. The lowest BCUT2D eigenvalue weighted by Crippen LogP contribution is -2.64. The predicted octanol–water partition coefficient (Wildman–Crippen LogP) is 3.76. The molecule has 0 radical (unpaired) electrons. The third kappa shape index (κ3) is 8.64. The van der Waals surface area contributed by atoms with Crippen molar-refractivity contribution in [2.24, 2.45) is 5.84 Å². The van der Waals surface area contributed by atoms with Crippen LogP contribution in [0.15, 0.2) is 79.5 Å². The van der Waals surface area contributed by atoms with E-state index in [1.165, 1.54) is 5.01 Å². The molecular formula is C35H42N6O5. The average Bonchev–Trinajstić information content (AvgIpc) is 3.06. The van der Waals surface area contributed by atoms with Crippen LogP contribution in [0.25, 0.3) is 16.8 Å². The van der Waals surface area contributed by atoms with Crippen molar-refractivity contribution >= 4 is 40.5 Å². The lowest BCUT2D eigenvalue weighted by molar-refractivity contribution is -0.180. The van der Waals surface area contributed by atoms with Gasteiger partial charge in [-0.25, -0.2) is 5.84 Å². The third-order valence-electron chi connectivity index (χ3n) is 7.91. The second-order valence-corrected chi connectivity index (χ2v) is 11.3. The third-order valence-corrected chi connectivity index (χ3v) is 7.91. The van der Waals surface area contributed by atoms with Crippen LogP contribution in [0, 0.1) is 0 Å². The molecule has 1 aliphatic heterocycles. The molecule has 11 heteroatoms. The van der Waals surface area contributed by atoms with Gasteiger partial charge in [-0.1, -0.05) is 61.2 Å². The van der Waals surface area contributed by atoms with Crippen LogP contribution in [0.2, 0.25) is 0 Å². The molecule has 1 saturated heterocycles. The molecule has 4 rings (SSSR count). The van der Waals surface area contributed by atoms with Gasteiger partial charge in [0.25, 0.3) is 5.91 Å². The van der Waals surface area contributed by atoms with E-state index in [2.05, 4.69) is 22.2 Å². The Hall–Kier alpha value is -4.87. The molecule has 1 aliphatic rings. The highest BCUT2D eigenvalue weighted by Crippen LogP contribution is 2.25. The summed E-state index contributed by atoms with van der Waals surface area (Å²) in [7, 11) is 0. The molecule has 3 aromatic rings. The summed E-state index contributed by atoms with van der Waals surface area (Å²) in [4.78, 5) is 56.9. The smallest absolute Gasteiger partial charge is 0.327 e. The van der Waals surface area contributed by atoms with E-state index in [1.54, 1.807) is 38.3 Å². The fourth-order valence-corrected chi connectivity index (χ4v) is 5.30. The molecule has 0 saturated carbocycles. The maximum atomic E-state index is 13.5. The number of nitrogens with two attached hydrogens (primary N) is 1. The summed E-state index contributed by atoms with van der Waals surface area (Å²) in [5.74, 6) is 4.48. The molecule has 1 fully saturated rings. The molecule has 0 spiro atoms. The van der Waals surface area contributed by atoms with E-state index in [9.17, 15) is 19.2 Å². The first kappa shape index (κ1) is 34.0. The lowest BCUT2D eigenvalue weighted by Gasteiger charge is -2.41. The van der Waals surface area contributed by atoms with Crippen LogP contribution < -0.4 is 16.5 Å². The van der Waals surface area contributed by atoms with E-state index in [1.807, 2.05) is 61.5 Å². The number of ether oxygens (including phenoxy) is 1. The number of esters is 1. The topological polar surface area (TPSA) is 147 Å². The Morgan fingerprint density at radius 2 is 1.85 bits per heavy atom. The van der Waals surface area contributed by atoms with E-state index < -0.39 is 42.0 Å². The molecule has 2 heterocycles. The van der Waals surface area contributed by atoms with Gasteiger partial charge in [-0.15, -0.1) is 5.12 Å². The Kier molecular flexibility index (Phi) is 11.8. The first-order valence-corrected chi connectivity index (χ1v) is 15.4. The van der Waals surface area contributed by atoms with E-state index in [0.29, 0.717) is 12.8 Å². The summed E-state index contributed by atoms with van der Waals surface area (Å²) in [5.41, 5.74) is 2.40. The lowest BCUT2D eigenvalue weighted by atomic mass is 10.0. The Bertz CT molecular complexity index is 1590. The number of amides is 3. The molecule has 2 aromatic carbocycles. The van der Waals surface area contributed by atoms with Crippen LogP contribution in [-0.4, -0.2) is 63.5 Å². The summed E-state index contributed by atoms with van der Waals surface area (Å²) in [6.07, 6.45) is 7.61. The normalized spacial score (nSPS) is 17.2. The first-order chi connectivity index (χ1) is 22.1. The minimum Gasteiger partial charge on any atom is -0.457 e. The average molecular weight is 627 g/mol. The maximum absolute atomic E-state index is 13.5. The number of carbonyl (C=O) groups is 4. The van der Waals surface area contributed by atoms with Crippen molar-refractivity contribution in [2.45, 2.75) is 70.7 Å². The first-order valence-electron chi connectivity index (χ1n) is 15.4. The largest absolute Gasteiger partial charge is 0.457 e. The van der Waals surface area contributed by atoms with Crippen molar-refractivity contribution in [3.05, 3.63) is 96.3 Å². The number of fused-ring (bicyclic) bond motifs is 1. The maximum Gasteiger partial charge on any atom is 0.327 e. The van der Waals surface area contributed by atoms with Crippen molar-refractivity contribution in [1.82, 2.24) is 25.7 Å². The molecular weight excluding hydrogens is 584 g/mol. The van der Waals surface area contributed by atoms with Crippen LogP contribution >= 0.6 is 0 Å². The SMILES string of the molecule is C=Cc1cc2cc([C@@H](C)OC(=O)[C@@H]3CCCN(C(=O)[C@H](C)NC(=O)[C@H](Cc4ccccc4)NC(=O)C/C=C/C)N3N)ccc2cn1. The summed E-state index contributed by atoms with van der Waals surface area (Å²) in [5, 5.41) is 9.76. The number of rotatable bonds is 12. The van der Waals surface area contributed by atoms with Crippen molar-refractivity contribution in [3.63, 3.8) is 0 Å². The zero-order chi connectivity index (χ0) is 33.2. The standard InChI is InChI=1S/C35H42N6O5/c1-5-7-15-32(42)39-30(19-25-12-9-8-10-13-25)33(43)38-23(3)34(44)40-18-11-14-31(41(40)36)35(45)46-24(4)26-16-17-27-22-37-29(6-2)21-28(27)20-26/h5-10,12-13,16-17,20-24,30-31H,2,11,14-15,18-19,36H2,1,3-4H3,(H,38,43)(H,39,42)/b7-5+/t23-,24+,30-,31-/m0/s1. The van der Waals surface area contributed by atoms with Gasteiger partial charge in [-0.3, -0.25) is 29.2 Å². The van der Waals surface area contributed by atoms with Gasteiger partial charge in [0, 0.05) is 31.0 Å². The van der Waals surface area contributed by atoms with Crippen LogP contribution in [0.3, 0.4) is 0 Å². The number of hydrazine groups is 2. The molecule has 4 N–H and O–H groups in total. The van der Waals surface area contributed by atoms with E-state index in [0.717, 1.165) is 32.7 Å². The number of aromatic nitrogens is 1. The second-order valence-electron chi connectivity index (χ2n) is 11.3. The van der Waals surface area contributed by atoms with Gasteiger partial charge in [0.05, 0.1) is 5.69 Å². The number of carbonyl (C=O) groups excluding carboxylic acids is 4. The molecule has 242 valence electrons. The minimum absolute atomic E-state index is 0.129. The van der Waals surface area contributed by atoms with Crippen LogP contribution in [-0.2, 0) is 30.3 Å². The molecule has 46 heavy (non-hydrogen) atoms. The fraction of sp³-hybridized carbons (Fsp3) is 0.343. The molecule has 4 atom stereocenters. The van der Waals surface area contributed by atoms with Gasteiger partial charge in [0.1, 0.15) is 24.2 Å². The zero-order valence-corrected chi connectivity index (χ0v) is 26.5. The highest BCUT2D eigenvalue weighted by Gasteiger charge is 2.38. The predicted molar refractivity (Wildman–Crippen MR) is 176 cm³/mol. The summed E-state index contributed by atoms with van der Waals surface area (Å²) >= 11 is 0. The van der Waals surface area contributed by atoms with Crippen LogP contribution in [0.4, 0.5) is 0 Å². The van der Waals surface area contributed by atoms with Crippen molar-refractivity contribution in [1.29, 1.82) is 0 Å². The number of hydrogen-bond donors (Lipinski definition) is 3. The highest BCUT2D eigenvalue weighted by molar-refractivity contribution is 5.92. The molecule has 0 unspecified atom stereocenters. The van der Waals surface area contributed by atoms with Crippen molar-refractivity contribution in [2.75, 3.05) is 6.54 Å². The number of nitrogens with one attached hydrogen (secondary N) is 2. The number of pyridine rings is 1. The molecule has 1 aromatic heterocycles. The van der Waals surface area contributed by atoms with Gasteiger partial charge in [-0.05, 0) is 68.3 Å². The Balaban J connectivity index is 1.39. The van der Waals surface area contributed by atoms with Crippen molar-refractivity contribution in [3.8, 4) is 0 Å². The summed E-state index contributed by atoms with van der Waals surface area (Å²) in [6, 6.07) is 14.2. The quantitative estimate of drug-likeness (QED) is 0.157. The van der Waals surface area contributed by atoms with Crippen LogP contribution in [0.5, 0.6) is 0 Å². The monoisotopic (exact) mass is 626 g/mol. The van der Waals surface area contributed by atoms with Crippen LogP contribution in [0.1, 0.15) is 63.0 Å². The number of nitrogens with zero attached hydrogens (tertiary/aromatic N) is 3. The van der Waals surface area contributed by atoms with Gasteiger partial charge in [0.15, 0.2) is 0 Å². The van der Waals surface area contributed by atoms with E-state index in [4.69, 9.17) is 10.6 Å². The van der Waals surface area contributed by atoms with Crippen molar-refractivity contribution < 1.29 is 23.9 Å². The number of allylic oxidation sites excluding steroid dienone is 1. The second kappa shape index (κ2) is 15.9. The van der Waals surface area contributed by atoms with Gasteiger partial charge in [0.2, 0.25) is 11.8 Å². The van der Waals surface area contributed by atoms with E-state index >= 15 is 0 Å². The summed E-state index contributed by atoms with van der Waals surface area (Å²) in [6.45, 7) is 9.17. The Morgan fingerprint density at radius 1 is 1.09 bits per heavy atom. The Morgan fingerprint density at radius 3 is 2.57 bits per heavy atom. The van der Waals surface area contributed by atoms with Gasteiger partial charge in [-0.2, -0.15) is 0 Å². The van der Waals surface area contributed by atoms with Gasteiger partial charge >= 0.3 is 5.97 Å². The number of hydrogen-bond acceptors (Lipinski definition) is 8. The molecule has 0 bridgehead atoms. The minimum atomic E-state index is -0.981.